The van der Waals surface area contributed by atoms with Crippen LogP contribution in [0.4, 0.5) is 17.6 Å². The summed E-state index contributed by atoms with van der Waals surface area (Å²) < 4.78 is 6.34. The molecule has 4 aromatic rings. The van der Waals surface area contributed by atoms with Crippen LogP contribution in [0.3, 0.4) is 0 Å². The first-order valence-electron chi connectivity index (χ1n) is 13.5. The first-order valence-corrected chi connectivity index (χ1v) is 14.3. The van der Waals surface area contributed by atoms with Gasteiger partial charge in [0.15, 0.2) is 0 Å². The van der Waals surface area contributed by atoms with E-state index >= 15 is 0 Å². The van der Waals surface area contributed by atoms with Crippen LogP contribution in [0.25, 0.3) is 20.8 Å². The molecule has 0 unspecified atom stereocenters. The van der Waals surface area contributed by atoms with E-state index in [1.807, 2.05) is 54.4 Å². The van der Waals surface area contributed by atoms with Crippen LogP contribution in [0, 0.1) is 6.92 Å². The van der Waals surface area contributed by atoms with Gasteiger partial charge in [-0.2, -0.15) is 4.98 Å². The monoisotopic (exact) mass is 560 g/mol. The van der Waals surface area contributed by atoms with Crippen molar-refractivity contribution in [3.8, 4) is 10.6 Å². The van der Waals surface area contributed by atoms with Gasteiger partial charge in [-0.15, -0.1) is 11.3 Å². The van der Waals surface area contributed by atoms with E-state index in [0.29, 0.717) is 56.0 Å². The maximum atomic E-state index is 13.0. The number of nitrogens with zero attached hydrogens (tertiary/aromatic N) is 7. The Balaban J connectivity index is 1.18. The van der Waals surface area contributed by atoms with Crippen molar-refractivity contribution in [3.05, 3.63) is 53.9 Å². The van der Waals surface area contributed by atoms with Gasteiger partial charge >= 0.3 is 0 Å². The van der Waals surface area contributed by atoms with Crippen LogP contribution in [0.15, 0.2) is 42.6 Å². The fraction of sp³-hybridized carbons (Fsp3) is 0.393. The predicted octanol–water partition coefficient (Wildman–Crippen LogP) is 2.79. The van der Waals surface area contributed by atoms with Gasteiger partial charge in [0.2, 0.25) is 5.95 Å². The normalized spacial score (nSPS) is 16.4. The molecule has 0 saturated carbocycles. The van der Waals surface area contributed by atoms with E-state index in [1.54, 1.807) is 11.3 Å². The molecule has 0 radical (unpaired) electrons. The number of aliphatic hydroxyl groups excluding tert-OH is 1. The fourth-order valence-corrected chi connectivity index (χ4v) is 5.87. The van der Waals surface area contributed by atoms with Crippen molar-refractivity contribution in [3.63, 3.8) is 0 Å². The zero-order chi connectivity index (χ0) is 27.5. The summed E-state index contributed by atoms with van der Waals surface area (Å²) in [5.41, 5.74) is 3.26. The standard InChI is InChI=1S/C28H32N8O3S/c1-19-15-25(33-28(30-19)36-7-5-34(6-8-36)9-12-37)32-24-17-22-23(18-29-24)40-26(31-22)20-3-2-4-21(16-20)27(38)35-10-13-39-14-11-35/h2-4,15-18,37H,5-14H2,1H3,(H,29,30,32,33). The third-order valence-electron chi connectivity index (χ3n) is 7.10. The highest BCUT2D eigenvalue weighted by molar-refractivity contribution is 7.21. The molecule has 2 aliphatic rings. The molecule has 2 aliphatic heterocycles. The average Bonchev–Trinajstić information content (AvgIpc) is 3.41. The minimum Gasteiger partial charge on any atom is -0.395 e. The molecule has 0 spiro atoms. The fourth-order valence-electron chi connectivity index (χ4n) is 4.96. The van der Waals surface area contributed by atoms with Crippen molar-refractivity contribution in [2.45, 2.75) is 6.92 Å². The molecule has 1 aromatic carbocycles. The Hall–Kier alpha value is -3.71. The molecular weight excluding hydrogens is 528 g/mol. The van der Waals surface area contributed by atoms with Crippen LogP contribution in [-0.4, -0.2) is 106 Å². The molecule has 0 atom stereocenters. The Morgan fingerprint density at radius 1 is 1.02 bits per heavy atom. The lowest BCUT2D eigenvalue weighted by Crippen LogP contribution is -2.47. The lowest BCUT2D eigenvalue weighted by Gasteiger charge is -2.34. The largest absolute Gasteiger partial charge is 0.395 e. The second kappa shape index (κ2) is 11.8. The van der Waals surface area contributed by atoms with E-state index < -0.39 is 0 Å². The number of benzene rings is 1. The summed E-state index contributed by atoms with van der Waals surface area (Å²) in [6.07, 6.45) is 1.82. The summed E-state index contributed by atoms with van der Waals surface area (Å²) in [5, 5.41) is 13.4. The molecule has 2 fully saturated rings. The zero-order valence-corrected chi connectivity index (χ0v) is 23.2. The summed E-state index contributed by atoms with van der Waals surface area (Å²) in [6.45, 7) is 8.57. The van der Waals surface area contributed by atoms with E-state index in [9.17, 15) is 9.90 Å². The molecule has 5 heterocycles. The highest BCUT2D eigenvalue weighted by Crippen LogP contribution is 2.32. The smallest absolute Gasteiger partial charge is 0.254 e. The molecular formula is C28H32N8O3S. The minimum absolute atomic E-state index is 0.0194. The van der Waals surface area contributed by atoms with Crippen LogP contribution in [0.2, 0.25) is 0 Å². The van der Waals surface area contributed by atoms with Crippen LogP contribution < -0.4 is 10.2 Å². The van der Waals surface area contributed by atoms with Gasteiger partial charge in [-0.3, -0.25) is 9.69 Å². The molecule has 0 bridgehead atoms. The second-order valence-corrected chi connectivity index (χ2v) is 10.9. The third kappa shape index (κ3) is 5.89. The number of carbonyl (C=O) groups is 1. The first kappa shape index (κ1) is 26.5. The number of aryl methyl sites for hydroxylation is 1. The van der Waals surface area contributed by atoms with Gasteiger partial charge < -0.3 is 25.0 Å². The number of thiazole rings is 1. The number of aromatic nitrogens is 4. The van der Waals surface area contributed by atoms with Crippen LogP contribution >= 0.6 is 11.3 Å². The number of nitrogens with one attached hydrogen (secondary N) is 1. The average molecular weight is 561 g/mol. The van der Waals surface area contributed by atoms with Crippen molar-refractivity contribution >= 4 is 45.0 Å². The Kier molecular flexibility index (Phi) is 7.82. The number of aliphatic hydroxyl groups is 1. The SMILES string of the molecule is Cc1cc(Nc2cc3nc(-c4cccc(C(=O)N5CCOCC5)c4)sc3cn2)nc(N2CCN(CCO)CC2)n1. The summed E-state index contributed by atoms with van der Waals surface area (Å²) >= 11 is 1.55. The van der Waals surface area contributed by atoms with Crippen molar-refractivity contribution in [2.24, 2.45) is 0 Å². The number of hydrogen-bond donors (Lipinski definition) is 2. The zero-order valence-electron chi connectivity index (χ0n) is 22.4. The van der Waals surface area contributed by atoms with Gasteiger partial charge in [0.25, 0.3) is 5.91 Å². The number of pyridine rings is 1. The van der Waals surface area contributed by atoms with Gasteiger partial charge in [0, 0.05) is 81.0 Å². The Labute approximate surface area is 236 Å². The quantitative estimate of drug-likeness (QED) is 0.349. The lowest BCUT2D eigenvalue weighted by atomic mass is 10.1. The number of β-amino-alcohol motifs (C(OH)–C–C–N with tert-alkyl or cyclic N) is 1. The van der Waals surface area contributed by atoms with Crippen LogP contribution in [0.1, 0.15) is 16.1 Å². The van der Waals surface area contributed by atoms with Gasteiger partial charge in [-0.1, -0.05) is 12.1 Å². The number of amides is 1. The molecule has 208 valence electrons. The highest BCUT2D eigenvalue weighted by atomic mass is 32.1. The van der Waals surface area contributed by atoms with Gasteiger partial charge in [-0.25, -0.2) is 15.0 Å². The number of piperazine rings is 1. The maximum absolute atomic E-state index is 13.0. The molecule has 6 rings (SSSR count). The molecule has 40 heavy (non-hydrogen) atoms. The van der Waals surface area contributed by atoms with Crippen LogP contribution in [-0.2, 0) is 4.74 Å². The van der Waals surface area contributed by atoms with Crippen molar-refractivity contribution < 1.29 is 14.6 Å². The second-order valence-electron chi connectivity index (χ2n) is 9.91. The maximum Gasteiger partial charge on any atom is 0.254 e. The summed E-state index contributed by atoms with van der Waals surface area (Å²) in [7, 11) is 0. The molecule has 12 heteroatoms. The number of fused-ring (bicyclic) bond motifs is 1. The highest BCUT2D eigenvalue weighted by Gasteiger charge is 2.21. The number of anilines is 3. The Bertz CT molecular complexity index is 1500. The number of rotatable bonds is 7. The van der Waals surface area contributed by atoms with Gasteiger partial charge in [-0.05, 0) is 19.1 Å². The topological polar surface area (TPSA) is 120 Å². The summed E-state index contributed by atoms with van der Waals surface area (Å²) in [6, 6.07) is 11.5. The number of carbonyl (C=O) groups excluding carboxylic acids is 1. The van der Waals surface area contributed by atoms with E-state index in [0.717, 1.165) is 52.7 Å². The third-order valence-corrected chi connectivity index (χ3v) is 8.15. The van der Waals surface area contributed by atoms with Gasteiger partial charge in [0.1, 0.15) is 16.6 Å². The number of ether oxygens (including phenoxy) is 1. The molecule has 3 aromatic heterocycles. The molecule has 2 saturated heterocycles. The number of hydrogen-bond acceptors (Lipinski definition) is 11. The molecule has 11 nitrogen and oxygen atoms in total. The first-order chi connectivity index (χ1) is 19.6. The minimum atomic E-state index is 0.0194. The van der Waals surface area contributed by atoms with Crippen molar-refractivity contribution in [2.75, 3.05) is 75.9 Å². The Morgan fingerprint density at radius 3 is 2.65 bits per heavy atom. The summed E-state index contributed by atoms with van der Waals surface area (Å²) in [4.78, 5) is 38.1. The lowest BCUT2D eigenvalue weighted by molar-refractivity contribution is 0.0303. The van der Waals surface area contributed by atoms with E-state index in [4.69, 9.17) is 14.7 Å². The van der Waals surface area contributed by atoms with E-state index in [2.05, 4.69) is 25.1 Å². The van der Waals surface area contributed by atoms with E-state index in [-0.39, 0.29) is 12.5 Å². The summed E-state index contributed by atoms with van der Waals surface area (Å²) in [5.74, 6) is 2.04. The van der Waals surface area contributed by atoms with Crippen molar-refractivity contribution in [1.82, 2.24) is 29.7 Å². The molecule has 0 aliphatic carbocycles. The molecule has 1 amide bonds. The molecule has 2 N–H and O–H groups in total. The van der Waals surface area contributed by atoms with Gasteiger partial charge in [0.05, 0.1) is 30.0 Å². The number of morpholine rings is 1. The van der Waals surface area contributed by atoms with Crippen molar-refractivity contribution in [1.29, 1.82) is 0 Å². The van der Waals surface area contributed by atoms with E-state index in [1.165, 1.54) is 0 Å². The Morgan fingerprint density at radius 2 is 1.85 bits per heavy atom. The van der Waals surface area contributed by atoms with Crippen LogP contribution in [0.5, 0.6) is 0 Å². The predicted molar refractivity (Wildman–Crippen MR) is 155 cm³/mol.